The highest BCUT2D eigenvalue weighted by Crippen LogP contribution is 2.35. The molecule has 2 heterocycles. The standard InChI is InChI=1S/C35H26BrFN2O4S/c1-2-42-34(41)30-31(24-9-5-3-6-10-24)38-35-39(32(30)25-11-7-4-8-12-25)33(40)29(44-35)20-23-15-18-28(27(36)19-23)43-21-22-13-16-26(37)17-14-22/h3-20,32H,2,21H2,1H3/b29-20-/t32-/m0/s1. The van der Waals surface area contributed by atoms with Gasteiger partial charge in [0.05, 0.1) is 32.9 Å². The van der Waals surface area contributed by atoms with Gasteiger partial charge in [0.25, 0.3) is 5.56 Å². The number of hydrogen-bond donors (Lipinski definition) is 0. The molecule has 0 unspecified atom stereocenters. The van der Waals surface area contributed by atoms with E-state index in [9.17, 15) is 14.0 Å². The van der Waals surface area contributed by atoms with Crippen LogP contribution in [0.1, 0.15) is 35.2 Å². The number of thiazole rings is 1. The Balaban J connectivity index is 1.44. The number of rotatable bonds is 8. The fraction of sp³-hybridized carbons (Fsp3) is 0.114. The number of hydrogen-bond acceptors (Lipinski definition) is 6. The first kappa shape index (κ1) is 29.5. The minimum absolute atomic E-state index is 0.189. The molecule has 1 aromatic heterocycles. The normalized spacial score (nSPS) is 14.6. The Morgan fingerprint density at radius 3 is 2.39 bits per heavy atom. The summed E-state index contributed by atoms with van der Waals surface area (Å²) in [5.41, 5.74) is 3.69. The molecule has 4 aromatic carbocycles. The van der Waals surface area contributed by atoms with Crippen LogP contribution in [-0.2, 0) is 16.1 Å². The molecule has 1 aliphatic heterocycles. The molecule has 5 aromatic rings. The molecule has 0 aliphatic carbocycles. The number of carbonyl (C=O) groups is 1. The molecule has 0 saturated heterocycles. The van der Waals surface area contributed by atoms with Gasteiger partial charge in [-0.3, -0.25) is 9.36 Å². The number of halogens is 2. The van der Waals surface area contributed by atoms with Gasteiger partial charge in [-0.05, 0) is 69.9 Å². The van der Waals surface area contributed by atoms with Crippen molar-refractivity contribution in [2.45, 2.75) is 19.6 Å². The second-order valence-corrected chi connectivity index (χ2v) is 11.8. The second-order valence-electron chi connectivity index (χ2n) is 9.95. The molecule has 0 amide bonds. The molecule has 44 heavy (non-hydrogen) atoms. The highest BCUT2D eigenvalue weighted by atomic mass is 79.9. The molecule has 0 fully saturated rings. The zero-order valence-corrected chi connectivity index (χ0v) is 26.0. The van der Waals surface area contributed by atoms with Gasteiger partial charge in [-0.2, -0.15) is 0 Å². The van der Waals surface area contributed by atoms with Crippen LogP contribution in [0, 0.1) is 5.82 Å². The van der Waals surface area contributed by atoms with Crippen molar-refractivity contribution in [3.8, 4) is 5.75 Å². The van der Waals surface area contributed by atoms with E-state index in [0.717, 1.165) is 22.3 Å². The fourth-order valence-corrected chi connectivity index (χ4v) is 6.52. The van der Waals surface area contributed by atoms with Gasteiger partial charge in [0, 0.05) is 5.56 Å². The number of benzene rings is 4. The van der Waals surface area contributed by atoms with E-state index in [0.29, 0.717) is 30.8 Å². The van der Waals surface area contributed by atoms with E-state index in [4.69, 9.17) is 14.5 Å². The van der Waals surface area contributed by atoms with E-state index in [1.165, 1.54) is 23.5 Å². The average Bonchev–Trinajstić information content (AvgIpc) is 3.35. The summed E-state index contributed by atoms with van der Waals surface area (Å²) in [4.78, 5) is 32.9. The zero-order valence-electron chi connectivity index (χ0n) is 23.6. The SMILES string of the molecule is CCOC(=O)C1=C(c2ccccc2)N=c2s/c(=C\c3ccc(OCc4ccc(F)cc4)c(Br)c3)c(=O)n2[C@H]1c1ccccc1. The van der Waals surface area contributed by atoms with Crippen LogP contribution in [0.2, 0.25) is 0 Å². The molecule has 1 atom stereocenters. The van der Waals surface area contributed by atoms with E-state index in [-0.39, 0.29) is 24.6 Å². The Kier molecular flexibility index (Phi) is 8.67. The summed E-state index contributed by atoms with van der Waals surface area (Å²) in [7, 11) is 0. The van der Waals surface area contributed by atoms with Crippen molar-refractivity contribution in [1.82, 2.24) is 4.57 Å². The zero-order chi connectivity index (χ0) is 30.6. The summed E-state index contributed by atoms with van der Waals surface area (Å²) in [6.07, 6.45) is 1.80. The number of carbonyl (C=O) groups excluding carboxylic acids is 1. The fourth-order valence-electron chi connectivity index (χ4n) is 5.01. The van der Waals surface area contributed by atoms with E-state index in [1.807, 2.05) is 78.9 Å². The third-order valence-corrected chi connectivity index (χ3v) is 8.65. The smallest absolute Gasteiger partial charge is 0.338 e. The number of nitrogens with zero attached hydrogens (tertiary/aromatic N) is 2. The molecule has 6 nitrogen and oxygen atoms in total. The van der Waals surface area contributed by atoms with Crippen molar-refractivity contribution in [3.63, 3.8) is 0 Å². The van der Waals surface area contributed by atoms with Gasteiger partial charge in [-0.25, -0.2) is 14.2 Å². The molecular weight excluding hydrogens is 643 g/mol. The van der Waals surface area contributed by atoms with Gasteiger partial charge in [0.2, 0.25) is 0 Å². The van der Waals surface area contributed by atoms with Gasteiger partial charge in [-0.1, -0.05) is 90.2 Å². The average molecular weight is 670 g/mol. The van der Waals surface area contributed by atoms with Crippen LogP contribution in [0.5, 0.6) is 5.75 Å². The molecule has 1 aliphatic rings. The van der Waals surface area contributed by atoms with Crippen molar-refractivity contribution in [2.24, 2.45) is 4.99 Å². The Bertz CT molecular complexity index is 2040. The summed E-state index contributed by atoms with van der Waals surface area (Å²) >= 11 is 4.84. The molecule has 0 spiro atoms. The molecule has 9 heteroatoms. The van der Waals surface area contributed by atoms with Crippen LogP contribution in [0.4, 0.5) is 4.39 Å². The third kappa shape index (κ3) is 6.06. The van der Waals surface area contributed by atoms with Crippen LogP contribution < -0.4 is 19.6 Å². The van der Waals surface area contributed by atoms with E-state index < -0.39 is 12.0 Å². The van der Waals surface area contributed by atoms with Crippen LogP contribution in [0.25, 0.3) is 11.8 Å². The minimum atomic E-state index is -0.724. The summed E-state index contributed by atoms with van der Waals surface area (Å²) in [6.45, 7) is 2.22. The van der Waals surface area contributed by atoms with Crippen molar-refractivity contribution in [2.75, 3.05) is 6.61 Å². The van der Waals surface area contributed by atoms with Crippen molar-refractivity contribution < 1.29 is 18.7 Å². The van der Waals surface area contributed by atoms with Crippen molar-refractivity contribution in [1.29, 1.82) is 0 Å². The van der Waals surface area contributed by atoms with E-state index in [2.05, 4.69) is 15.9 Å². The molecule has 0 bridgehead atoms. The maximum atomic E-state index is 14.1. The van der Waals surface area contributed by atoms with Crippen LogP contribution in [0.3, 0.4) is 0 Å². The first-order valence-electron chi connectivity index (χ1n) is 13.9. The highest BCUT2D eigenvalue weighted by molar-refractivity contribution is 9.10. The quantitative estimate of drug-likeness (QED) is 0.179. The predicted molar refractivity (Wildman–Crippen MR) is 172 cm³/mol. The second kappa shape index (κ2) is 13.0. The third-order valence-electron chi connectivity index (χ3n) is 7.05. The van der Waals surface area contributed by atoms with Crippen LogP contribution in [-0.4, -0.2) is 17.1 Å². The Labute approximate surface area is 265 Å². The first-order chi connectivity index (χ1) is 21.4. The predicted octanol–water partition coefficient (Wildman–Crippen LogP) is 6.42. The summed E-state index contributed by atoms with van der Waals surface area (Å²) in [5.74, 6) is -0.199. The van der Waals surface area contributed by atoms with Gasteiger partial charge in [0.1, 0.15) is 18.2 Å². The first-order valence-corrected chi connectivity index (χ1v) is 15.5. The van der Waals surface area contributed by atoms with Crippen LogP contribution >= 0.6 is 27.3 Å². The molecular formula is C35H26BrFN2O4S. The Hall–Kier alpha value is -4.60. The minimum Gasteiger partial charge on any atom is -0.488 e. The number of ether oxygens (including phenoxy) is 2. The summed E-state index contributed by atoms with van der Waals surface area (Å²) in [6, 6.07) is 29.9. The largest absolute Gasteiger partial charge is 0.488 e. The van der Waals surface area contributed by atoms with E-state index >= 15 is 0 Å². The topological polar surface area (TPSA) is 69.9 Å². The monoisotopic (exact) mass is 668 g/mol. The lowest BCUT2D eigenvalue weighted by Crippen LogP contribution is -2.39. The number of esters is 1. The summed E-state index contributed by atoms with van der Waals surface area (Å²) < 4.78 is 27.4. The lowest BCUT2D eigenvalue weighted by Gasteiger charge is -2.25. The van der Waals surface area contributed by atoms with Gasteiger partial charge < -0.3 is 9.47 Å². The molecule has 0 saturated carbocycles. The van der Waals surface area contributed by atoms with E-state index in [1.54, 1.807) is 29.7 Å². The maximum Gasteiger partial charge on any atom is 0.338 e. The summed E-state index contributed by atoms with van der Waals surface area (Å²) in [5, 5.41) is 0. The van der Waals surface area contributed by atoms with Gasteiger partial charge in [0.15, 0.2) is 4.80 Å². The lowest BCUT2D eigenvalue weighted by molar-refractivity contribution is -0.138. The number of fused-ring (bicyclic) bond motifs is 1. The van der Waals surface area contributed by atoms with Gasteiger partial charge >= 0.3 is 5.97 Å². The molecule has 6 rings (SSSR count). The molecule has 0 N–H and O–H groups in total. The van der Waals surface area contributed by atoms with Crippen molar-refractivity contribution >= 4 is 45.0 Å². The molecule has 0 radical (unpaired) electrons. The maximum absolute atomic E-state index is 14.1. The lowest BCUT2D eigenvalue weighted by atomic mass is 9.93. The van der Waals surface area contributed by atoms with Gasteiger partial charge in [-0.15, -0.1) is 0 Å². The number of aromatic nitrogens is 1. The van der Waals surface area contributed by atoms with Crippen molar-refractivity contribution in [3.05, 3.63) is 161 Å². The Morgan fingerprint density at radius 2 is 1.70 bits per heavy atom. The Morgan fingerprint density at radius 1 is 1.00 bits per heavy atom. The molecule has 220 valence electrons. The van der Waals surface area contributed by atoms with Crippen LogP contribution in [0.15, 0.2) is 123 Å². The highest BCUT2D eigenvalue weighted by Gasteiger charge is 2.35.